The van der Waals surface area contributed by atoms with E-state index in [-0.39, 0.29) is 37.1 Å². The second kappa shape index (κ2) is 67.4. The predicted molar refractivity (Wildman–Crippen MR) is 379 cm³/mol. The minimum Gasteiger partial charge on any atom is -0.481 e. The van der Waals surface area contributed by atoms with Gasteiger partial charge in [-0.1, -0.05) is 27.7 Å². The van der Waals surface area contributed by atoms with Crippen molar-refractivity contribution in [2.45, 2.75) is 174 Å². The number of carboxylic acid groups (broad SMARTS) is 19. The zero-order valence-electron chi connectivity index (χ0n) is 62.9. The molecule has 27 N–H and O–H groups in total. The molecule has 0 rings (SSSR count). The molecule has 118 heavy (non-hydrogen) atoms. The lowest BCUT2D eigenvalue weighted by atomic mass is 10.0. The van der Waals surface area contributed by atoms with Gasteiger partial charge in [-0.2, -0.15) is 0 Å². The lowest BCUT2D eigenvalue weighted by molar-refractivity contribution is -0.148. The van der Waals surface area contributed by atoms with Crippen LogP contribution in [0.3, 0.4) is 0 Å². The van der Waals surface area contributed by atoms with Crippen molar-refractivity contribution in [3.8, 4) is 0 Å². The Kier molecular flexibility index (Phi) is 67.6. The van der Waals surface area contributed by atoms with Crippen LogP contribution in [0.15, 0.2) is 48.6 Å². The fourth-order valence-corrected chi connectivity index (χ4v) is 6.36. The number of carbonyl (C=O) groups is 27. The van der Waals surface area contributed by atoms with E-state index < -0.39 is 248 Å². The van der Waals surface area contributed by atoms with Gasteiger partial charge in [-0.3, -0.25) is 86.3 Å². The van der Waals surface area contributed by atoms with Crippen LogP contribution in [0.5, 0.6) is 0 Å². The normalized spacial score (nSPS) is 12.0. The smallest absolute Gasteiger partial charge is 0.328 e. The Morgan fingerprint density at radius 2 is 0.458 bits per heavy atom. The van der Waals surface area contributed by atoms with E-state index in [2.05, 4.69) is 16.0 Å². The molecule has 662 valence electrons. The molecule has 0 fully saturated rings. The zero-order valence-corrected chi connectivity index (χ0v) is 62.9. The van der Waals surface area contributed by atoms with Crippen LogP contribution in [0.2, 0.25) is 0 Å². The molecule has 0 aliphatic rings. The van der Waals surface area contributed by atoms with Gasteiger partial charge in [-0.05, 0) is 58.3 Å². The Labute approximate surface area is 662 Å². The highest BCUT2D eigenvalue weighted by Gasteiger charge is 2.27. The van der Waals surface area contributed by atoms with E-state index in [0.717, 1.165) is 12.2 Å². The third-order valence-corrected chi connectivity index (χ3v) is 11.4. The van der Waals surface area contributed by atoms with Crippen molar-refractivity contribution >= 4 is 161 Å². The summed E-state index contributed by atoms with van der Waals surface area (Å²) in [5, 5.41) is 175. The van der Waals surface area contributed by atoms with Gasteiger partial charge in [0, 0.05) is 67.5 Å². The highest BCUT2D eigenvalue weighted by Crippen LogP contribution is 2.07. The van der Waals surface area contributed by atoms with Crippen molar-refractivity contribution in [3.05, 3.63) is 48.6 Å². The van der Waals surface area contributed by atoms with Crippen LogP contribution in [-0.4, -0.2) is 306 Å². The Balaban J connectivity index is -0.000000196. The summed E-state index contributed by atoms with van der Waals surface area (Å²) >= 11 is 0. The van der Waals surface area contributed by atoms with Gasteiger partial charge in [-0.25, -0.2) is 43.2 Å². The molecule has 54 heteroatoms. The predicted octanol–water partition coefficient (Wildman–Crippen LogP) is -5.35. The van der Waals surface area contributed by atoms with Gasteiger partial charge in [0.1, 0.15) is 68.0 Å². The average molecular weight is 1710 g/mol. The summed E-state index contributed by atoms with van der Waals surface area (Å²) in [6.45, 7) is 11.4. The Morgan fingerprint density at radius 1 is 0.229 bits per heavy atom. The van der Waals surface area contributed by atoms with Crippen molar-refractivity contribution < 1.29 is 226 Å². The quantitative estimate of drug-likeness (QED) is 0.0200. The van der Waals surface area contributed by atoms with Crippen LogP contribution in [0.1, 0.15) is 126 Å². The zero-order chi connectivity index (χ0) is 94.2. The average Bonchev–Trinajstić information content (AvgIpc) is 0.972. The first-order valence-corrected chi connectivity index (χ1v) is 32.3. The van der Waals surface area contributed by atoms with Crippen molar-refractivity contribution in [2.24, 2.45) is 11.8 Å². The molecule has 0 bridgehead atoms. The monoisotopic (exact) mass is 1710 g/mol. The van der Waals surface area contributed by atoms with Gasteiger partial charge in [-0.15, -0.1) is 0 Å². The summed E-state index contributed by atoms with van der Waals surface area (Å²) < 4.78 is 0. The highest BCUT2D eigenvalue weighted by atomic mass is 16.4. The number of carboxylic acids is 19. The van der Waals surface area contributed by atoms with Crippen LogP contribution < -0.4 is 42.5 Å². The van der Waals surface area contributed by atoms with Gasteiger partial charge >= 0.3 is 113 Å². The molecule has 0 unspecified atom stereocenters. The maximum absolute atomic E-state index is 11.1. The first-order chi connectivity index (χ1) is 53.9. The summed E-state index contributed by atoms with van der Waals surface area (Å²) in [5.41, 5.74) is 0. The number of rotatable bonds is 45. The van der Waals surface area contributed by atoms with Gasteiger partial charge in [0.2, 0.25) is 47.3 Å². The Hall–Kier alpha value is -15.3. The largest absolute Gasteiger partial charge is 0.481 e. The van der Waals surface area contributed by atoms with Crippen LogP contribution in [0.25, 0.3) is 0 Å². The van der Waals surface area contributed by atoms with Crippen LogP contribution in [0.4, 0.5) is 0 Å². The summed E-state index contributed by atoms with van der Waals surface area (Å²) in [6.07, 6.45) is 0.756. The van der Waals surface area contributed by atoms with Crippen molar-refractivity contribution in [1.82, 2.24) is 42.5 Å². The third kappa shape index (κ3) is 87.9. The summed E-state index contributed by atoms with van der Waals surface area (Å²) in [5.74, 6) is -30.9. The van der Waals surface area contributed by atoms with E-state index >= 15 is 0 Å². The van der Waals surface area contributed by atoms with E-state index in [4.69, 9.17) is 97.0 Å². The van der Waals surface area contributed by atoms with E-state index in [0.29, 0.717) is 49.3 Å². The fraction of sp³-hybridized carbons (Fsp3) is 0.453. The number of nitrogens with one attached hydrogen (secondary N) is 8. The summed E-state index contributed by atoms with van der Waals surface area (Å²) in [7, 11) is 0. The second-order valence-corrected chi connectivity index (χ2v) is 23.1. The fourth-order valence-electron chi connectivity index (χ4n) is 6.36. The van der Waals surface area contributed by atoms with Gasteiger partial charge in [0.25, 0.3) is 0 Å². The molecule has 0 spiro atoms. The molecule has 0 saturated carbocycles. The second-order valence-electron chi connectivity index (χ2n) is 23.1. The van der Waals surface area contributed by atoms with Crippen LogP contribution in [0, 0.1) is 11.8 Å². The molecular weight excluding hydrogens is 1620 g/mol. The van der Waals surface area contributed by atoms with E-state index in [9.17, 15) is 129 Å². The minimum atomic E-state index is -1.62. The maximum Gasteiger partial charge on any atom is 0.328 e. The van der Waals surface area contributed by atoms with Gasteiger partial charge < -0.3 is 140 Å². The van der Waals surface area contributed by atoms with E-state index in [1.807, 2.05) is 49.0 Å². The molecule has 0 aromatic carbocycles. The number of aliphatic carboxylic acids is 19. The molecule has 0 radical (unpaired) electrons. The number of hydrogen-bond donors (Lipinski definition) is 27. The molecule has 0 saturated heterocycles. The molecule has 0 aliphatic carbocycles. The molecule has 0 aromatic heterocycles. The van der Waals surface area contributed by atoms with Gasteiger partial charge in [0.05, 0.1) is 12.8 Å². The molecule has 0 aromatic rings. The molecule has 0 aliphatic heterocycles. The highest BCUT2D eigenvalue weighted by molar-refractivity contribution is 6.00. The summed E-state index contributed by atoms with van der Waals surface area (Å²) in [6, 6.07) is -9.00. The Bertz CT molecular complexity index is 3670. The maximum atomic E-state index is 11.1. The molecule has 8 atom stereocenters. The van der Waals surface area contributed by atoms with Crippen molar-refractivity contribution in [1.29, 1.82) is 0 Å². The molecule has 0 heterocycles. The van der Waals surface area contributed by atoms with Crippen LogP contribution >= 0.6 is 0 Å². The number of amides is 8. The molecule has 54 nitrogen and oxygen atoms in total. The molecular formula is C64H90N8O46. The van der Waals surface area contributed by atoms with Crippen LogP contribution in [-0.2, 0) is 129 Å². The van der Waals surface area contributed by atoms with Gasteiger partial charge in [0.15, 0.2) is 0 Å². The Morgan fingerprint density at radius 3 is 0.712 bits per heavy atom. The first-order valence-electron chi connectivity index (χ1n) is 32.3. The SMILES string of the molecule is CC(C)C[C@H](NC(=O)/C=C/C(=O)O)C(=O)O.CC(C)C[C@H](NC(=O)CC(=O)O)C(=O)O.C[C@H](CCC(=O)O)NC(=O)CC(=O)O.C[C@H](NC(=O)/C=C/C(=O)O)C(=O)O.C[C@H](NC(=O)CC(=O)O)C(=O)O.O=C(O)/C=C/C(=O)N[C@@H](CC(=O)O)C(=O)O.O=C(O)/C=C/C(=O)N[C@@H](CCC(=O)O)C(=O)O.O=C(O)CC(=O)N[C@@H](CC(=O)O)C(=O)O. The third-order valence-electron chi connectivity index (χ3n) is 11.4. The minimum absolute atomic E-state index is 0.0471. The number of carbonyl (C=O) groups excluding carboxylic acids is 8. The summed E-state index contributed by atoms with van der Waals surface area (Å²) in [4.78, 5) is 282. The van der Waals surface area contributed by atoms with Crippen molar-refractivity contribution in [2.75, 3.05) is 0 Å². The van der Waals surface area contributed by atoms with E-state index in [1.54, 1.807) is 12.2 Å². The van der Waals surface area contributed by atoms with Crippen molar-refractivity contribution in [3.63, 3.8) is 0 Å². The van der Waals surface area contributed by atoms with E-state index in [1.165, 1.54) is 13.8 Å². The topological polar surface area (TPSA) is 942 Å². The number of hydrogen-bond acceptors (Lipinski definition) is 27. The standard InChI is InChI=1S/C10H15NO5.C9H11NO7.C9H15NO5.C8H9NO7.C8H13NO5.C7H9NO7.C7H9NO5.C6H9NO5/c1-6(2)5-7(10(15)16)11-8(12)3-4-9(13)14;11-6(2-4-8(14)15)10-5(9(16)17)1-3-7(12)13;1-5(2)3-6(9(14)15)10-7(11)4-8(12)13;10-5(1-2-6(11)12)9-4(8(15)16)3-7(13)14;1-5(2-3-7(11)12)9-6(10)4-8(13)14;9-4(2-6(12)13)8-3(7(14)15)1-5(10)11;1-4(7(12)13)8-5(9)2-3-6(10)11;1-3(6(11)12)7-4(8)2-5(9)10/h3-4,6-7H,5H2,1-2H3,(H,11,12)(H,13,14)(H,15,16);2,4-5H,1,3H2,(H,10,11)(H,12,13)(H,14,15)(H,16,17);5-6H,3-4H2,1-2H3,(H,10,11)(H,12,13)(H,14,15);1-2,4H,3H2,(H,9,10)(H,11,12)(H,13,14)(H,15,16);5H,2-4H2,1H3,(H,9,10)(H,11,12)(H,13,14);3H,1-2H2,(H,8,9)(H,10,11)(H,12,13)(H,14,15);2-4H,1H3,(H,8,9)(H,10,11)(H,12,13);3H,2H2,1H3,(H,7,8)(H,9,10)(H,11,12)/b4-3+;4-2+;;2-1+;;;3-2+;/t7-;5-;6-;4-;5-;3-;4-;3-/m00001000/s1. The lowest BCUT2D eigenvalue weighted by Gasteiger charge is -2.15. The lowest BCUT2D eigenvalue weighted by Crippen LogP contribution is -2.42. The molecule has 8 amide bonds. The first kappa shape index (κ1) is 118.